The molecular formula is C11H26N2O. The van der Waals surface area contributed by atoms with Gasteiger partial charge >= 0.3 is 0 Å². The van der Waals surface area contributed by atoms with Crippen molar-refractivity contribution in [2.24, 2.45) is 0 Å². The van der Waals surface area contributed by atoms with Gasteiger partial charge in [0.1, 0.15) is 0 Å². The molecule has 0 aromatic heterocycles. The highest BCUT2D eigenvalue weighted by atomic mass is 16.5. The van der Waals surface area contributed by atoms with Crippen LogP contribution in [-0.2, 0) is 4.74 Å². The minimum atomic E-state index is 0.173. The number of rotatable bonds is 7. The monoisotopic (exact) mass is 202 g/mol. The standard InChI is InChI=1S/C11H26N2O/c1-10(2)14-8-7-13(6)9-11(3,4)12-5/h10,12H,7-9H2,1-6H3. The van der Waals surface area contributed by atoms with Crippen LogP contribution in [0.2, 0.25) is 0 Å². The number of nitrogens with zero attached hydrogens (tertiary/aromatic N) is 1. The van der Waals surface area contributed by atoms with Gasteiger partial charge in [-0.2, -0.15) is 0 Å². The Hall–Kier alpha value is -0.120. The molecule has 3 heteroatoms. The number of nitrogens with one attached hydrogen (secondary N) is 1. The Morgan fingerprint density at radius 3 is 2.36 bits per heavy atom. The maximum absolute atomic E-state index is 5.50. The fourth-order valence-corrected chi connectivity index (χ4v) is 1.28. The topological polar surface area (TPSA) is 24.5 Å². The van der Waals surface area contributed by atoms with Crippen molar-refractivity contribution in [1.29, 1.82) is 0 Å². The van der Waals surface area contributed by atoms with Gasteiger partial charge in [-0.15, -0.1) is 0 Å². The first kappa shape index (κ1) is 13.9. The van der Waals surface area contributed by atoms with Crippen LogP contribution in [0, 0.1) is 0 Å². The second kappa shape index (κ2) is 6.38. The number of hydrogen-bond acceptors (Lipinski definition) is 3. The Balaban J connectivity index is 3.60. The molecule has 0 rings (SSSR count). The molecule has 0 bridgehead atoms. The van der Waals surface area contributed by atoms with Crippen LogP contribution >= 0.6 is 0 Å². The minimum Gasteiger partial charge on any atom is -0.377 e. The van der Waals surface area contributed by atoms with Crippen molar-refractivity contribution in [1.82, 2.24) is 10.2 Å². The largest absolute Gasteiger partial charge is 0.377 e. The molecule has 0 saturated carbocycles. The average Bonchev–Trinajstić information content (AvgIpc) is 2.02. The molecule has 0 radical (unpaired) electrons. The van der Waals surface area contributed by atoms with Crippen LogP contribution in [0.1, 0.15) is 27.7 Å². The first-order valence-corrected chi connectivity index (χ1v) is 5.36. The summed E-state index contributed by atoms with van der Waals surface area (Å²) in [6, 6.07) is 0. The van der Waals surface area contributed by atoms with Crippen molar-refractivity contribution in [2.45, 2.75) is 39.3 Å². The van der Waals surface area contributed by atoms with Gasteiger partial charge in [-0.3, -0.25) is 0 Å². The summed E-state index contributed by atoms with van der Waals surface area (Å²) in [4.78, 5) is 2.29. The highest BCUT2D eigenvalue weighted by molar-refractivity contribution is 4.78. The van der Waals surface area contributed by atoms with Crippen molar-refractivity contribution >= 4 is 0 Å². The molecule has 0 aromatic carbocycles. The van der Waals surface area contributed by atoms with Gasteiger partial charge in [0, 0.05) is 18.6 Å². The van der Waals surface area contributed by atoms with E-state index in [1.54, 1.807) is 0 Å². The van der Waals surface area contributed by atoms with Crippen molar-refractivity contribution in [3.8, 4) is 0 Å². The molecule has 0 spiro atoms. The molecule has 0 aromatic rings. The fraction of sp³-hybridized carbons (Fsp3) is 1.00. The van der Waals surface area contributed by atoms with Gasteiger partial charge in [0.15, 0.2) is 0 Å². The van der Waals surface area contributed by atoms with Crippen LogP contribution in [0.3, 0.4) is 0 Å². The molecule has 0 atom stereocenters. The van der Waals surface area contributed by atoms with E-state index < -0.39 is 0 Å². The Bertz CT molecular complexity index is 146. The van der Waals surface area contributed by atoms with E-state index >= 15 is 0 Å². The lowest BCUT2D eigenvalue weighted by Crippen LogP contribution is -2.47. The summed E-state index contributed by atoms with van der Waals surface area (Å²) in [5.41, 5.74) is 0.173. The summed E-state index contributed by atoms with van der Waals surface area (Å²) >= 11 is 0. The minimum absolute atomic E-state index is 0.173. The van der Waals surface area contributed by atoms with Gasteiger partial charge in [0.2, 0.25) is 0 Å². The van der Waals surface area contributed by atoms with E-state index in [4.69, 9.17) is 4.74 Å². The lowest BCUT2D eigenvalue weighted by Gasteiger charge is -2.30. The second-order valence-corrected chi connectivity index (χ2v) is 4.79. The van der Waals surface area contributed by atoms with Crippen molar-refractivity contribution in [3.63, 3.8) is 0 Å². The predicted octanol–water partition coefficient (Wildman–Crippen LogP) is 1.34. The molecule has 0 heterocycles. The Labute approximate surface area is 88.8 Å². The highest BCUT2D eigenvalue weighted by Crippen LogP contribution is 2.02. The van der Waals surface area contributed by atoms with E-state index in [9.17, 15) is 0 Å². The maximum atomic E-state index is 5.50. The number of ether oxygens (including phenoxy) is 1. The second-order valence-electron chi connectivity index (χ2n) is 4.79. The van der Waals surface area contributed by atoms with Crippen LogP contribution < -0.4 is 5.32 Å². The van der Waals surface area contributed by atoms with Crippen molar-refractivity contribution < 1.29 is 4.74 Å². The molecule has 0 fully saturated rings. The van der Waals surface area contributed by atoms with E-state index in [1.165, 1.54) is 0 Å². The van der Waals surface area contributed by atoms with Gasteiger partial charge in [-0.25, -0.2) is 0 Å². The molecule has 0 aliphatic rings. The first-order chi connectivity index (χ1) is 6.37. The third kappa shape index (κ3) is 7.30. The summed E-state index contributed by atoms with van der Waals surface area (Å²) in [7, 11) is 4.13. The lowest BCUT2D eigenvalue weighted by molar-refractivity contribution is 0.0600. The quantitative estimate of drug-likeness (QED) is 0.674. The van der Waals surface area contributed by atoms with Gasteiger partial charge in [-0.1, -0.05) is 0 Å². The van der Waals surface area contributed by atoms with Crippen LogP contribution in [0.15, 0.2) is 0 Å². The molecule has 86 valence electrons. The average molecular weight is 202 g/mol. The van der Waals surface area contributed by atoms with Gasteiger partial charge < -0.3 is 15.0 Å². The molecule has 3 nitrogen and oxygen atoms in total. The molecule has 0 aliphatic heterocycles. The van der Waals surface area contributed by atoms with E-state index in [2.05, 4.69) is 45.0 Å². The molecule has 14 heavy (non-hydrogen) atoms. The molecule has 0 saturated heterocycles. The van der Waals surface area contributed by atoms with Crippen molar-refractivity contribution in [2.75, 3.05) is 33.8 Å². The van der Waals surface area contributed by atoms with Gasteiger partial charge in [-0.05, 0) is 41.8 Å². The Kier molecular flexibility index (Phi) is 6.33. The first-order valence-electron chi connectivity index (χ1n) is 5.36. The normalized spacial score (nSPS) is 12.9. The fourth-order valence-electron chi connectivity index (χ4n) is 1.28. The smallest absolute Gasteiger partial charge is 0.0596 e. The zero-order valence-electron chi connectivity index (χ0n) is 10.6. The SMILES string of the molecule is CNC(C)(C)CN(C)CCOC(C)C. The van der Waals surface area contributed by atoms with Crippen molar-refractivity contribution in [3.05, 3.63) is 0 Å². The van der Waals surface area contributed by atoms with Gasteiger partial charge in [0.05, 0.1) is 12.7 Å². The van der Waals surface area contributed by atoms with Crippen LogP contribution in [0.25, 0.3) is 0 Å². The zero-order valence-corrected chi connectivity index (χ0v) is 10.6. The Morgan fingerprint density at radius 2 is 1.93 bits per heavy atom. The lowest BCUT2D eigenvalue weighted by atomic mass is 10.1. The number of hydrogen-bond donors (Lipinski definition) is 1. The van der Waals surface area contributed by atoms with Crippen LogP contribution in [0.5, 0.6) is 0 Å². The molecular weight excluding hydrogens is 176 g/mol. The van der Waals surface area contributed by atoms with Crippen LogP contribution in [-0.4, -0.2) is 50.3 Å². The summed E-state index contributed by atoms with van der Waals surface area (Å²) in [6.07, 6.45) is 0.334. The van der Waals surface area contributed by atoms with E-state index in [-0.39, 0.29) is 5.54 Å². The van der Waals surface area contributed by atoms with E-state index in [0.29, 0.717) is 6.10 Å². The van der Waals surface area contributed by atoms with Crippen LogP contribution in [0.4, 0.5) is 0 Å². The molecule has 0 aliphatic carbocycles. The maximum Gasteiger partial charge on any atom is 0.0596 e. The molecule has 0 amide bonds. The third-order valence-corrected chi connectivity index (χ3v) is 2.27. The third-order valence-electron chi connectivity index (χ3n) is 2.27. The molecule has 0 unspecified atom stereocenters. The summed E-state index contributed by atoms with van der Waals surface area (Å²) in [5, 5.41) is 3.29. The summed E-state index contributed by atoms with van der Waals surface area (Å²) in [6.45, 7) is 11.4. The van der Waals surface area contributed by atoms with Gasteiger partial charge in [0.25, 0.3) is 0 Å². The van der Waals surface area contributed by atoms with E-state index in [0.717, 1.165) is 19.7 Å². The van der Waals surface area contributed by atoms with E-state index in [1.807, 2.05) is 7.05 Å². The summed E-state index contributed by atoms with van der Waals surface area (Å²) in [5.74, 6) is 0. The number of likely N-dealkylation sites (N-methyl/N-ethyl adjacent to an activating group) is 2. The molecule has 1 N–H and O–H groups in total. The Morgan fingerprint density at radius 1 is 1.36 bits per heavy atom. The summed E-state index contributed by atoms with van der Waals surface area (Å²) < 4.78 is 5.50. The highest BCUT2D eigenvalue weighted by Gasteiger charge is 2.16. The predicted molar refractivity (Wildman–Crippen MR) is 61.7 cm³/mol. The zero-order chi connectivity index (χ0) is 11.2.